The van der Waals surface area contributed by atoms with E-state index >= 15 is 0 Å². The zero-order valence-corrected chi connectivity index (χ0v) is 14.2. The zero-order chi connectivity index (χ0) is 17.0. The Morgan fingerprint density at radius 1 is 1.16 bits per heavy atom. The fraction of sp³-hybridized carbons (Fsp3) is 0.444. The van der Waals surface area contributed by atoms with Gasteiger partial charge in [0, 0.05) is 24.2 Å². The van der Waals surface area contributed by atoms with E-state index in [0.29, 0.717) is 11.8 Å². The molecule has 2 atom stereocenters. The first-order valence-electron chi connectivity index (χ1n) is 8.58. The summed E-state index contributed by atoms with van der Waals surface area (Å²) in [6, 6.07) is 2.41. The molecular formula is C18H19N5O2. The van der Waals surface area contributed by atoms with Crippen molar-refractivity contribution in [2.45, 2.75) is 25.2 Å². The highest BCUT2D eigenvalue weighted by Crippen LogP contribution is 2.59. The van der Waals surface area contributed by atoms with E-state index in [1.54, 1.807) is 19.5 Å². The molecule has 5 rings (SSSR count). The SMILES string of the molecule is COc1ncc(-c2cc([C@H]3C[C@@H]3C3CC3)c3nccn3n2)c(OC)n1. The molecule has 3 aromatic heterocycles. The van der Waals surface area contributed by atoms with Crippen molar-refractivity contribution in [2.24, 2.45) is 11.8 Å². The molecule has 0 unspecified atom stereocenters. The molecule has 7 nitrogen and oxygen atoms in total. The van der Waals surface area contributed by atoms with Crippen LogP contribution in [0.3, 0.4) is 0 Å². The highest BCUT2D eigenvalue weighted by Gasteiger charge is 2.49. The summed E-state index contributed by atoms with van der Waals surface area (Å²) < 4.78 is 12.4. The Kier molecular flexibility index (Phi) is 3.16. The second kappa shape index (κ2) is 5.40. The van der Waals surface area contributed by atoms with Crippen LogP contribution in [0, 0.1) is 11.8 Å². The third kappa shape index (κ3) is 2.42. The number of fused-ring (bicyclic) bond motifs is 1. The maximum Gasteiger partial charge on any atom is 0.319 e. The Balaban J connectivity index is 1.62. The normalized spacial score (nSPS) is 22.2. The van der Waals surface area contributed by atoms with Gasteiger partial charge in [-0.15, -0.1) is 0 Å². The number of methoxy groups -OCH3 is 2. The lowest BCUT2D eigenvalue weighted by atomic mass is 10.1. The number of hydrogen-bond acceptors (Lipinski definition) is 6. The standard InChI is InChI=1S/C18H19N5O2/c1-24-17-14(9-20-18(21-17)25-2)15-8-13(12-7-11(12)10-3-4-10)16-19-5-6-23(16)22-15/h5-6,8-12H,3-4,7H2,1-2H3/t11-,12+/m1/s1. The van der Waals surface area contributed by atoms with Crippen LogP contribution in [0.15, 0.2) is 24.7 Å². The summed E-state index contributed by atoms with van der Waals surface area (Å²) >= 11 is 0. The van der Waals surface area contributed by atoms with Gasteiger partial charge < -0.3 is 9.47 Å². The van der Waals surface area contributed by atoms with E-state index in [0.717, 1.165) is 28.7 Å². The lowest BCUT2D eigenvalue weighted by Crippen LogP contribution is -2.02. The van der Waals surface area contributed by atoms with Crippen molar-refractivity contribution in [3.05, 3.63) is 30.2 Å². The lowest BCUT2D eigenvalue weighted by Gasteiger charge is -2.10. The van der Waals surface area contributed by atoms with Gasteiger partial charge in [0.1, 0.15) is 0 Å². The van der Waals surface area contributed by atoms with Crippen molar-refractivity contribution in [2.75, 3.05) is 14.2 Å². The molecule has 2 fully saturated rings. The first-order valence-corrected chi connectivity index (χ1v) is 8.58. The van der Waals surface area contributed by atoms with Gasteiger partial charge in [-0.3, -0.25) is 0 Å². The molecule has 2 aliphatic rings. The highest BCUT2D eigenvalue weighted by molar-refractivity contribution is 5.67. The Morgan fingerprint density at radius 3 is 2.80 bits per heavy atom. The summed E-state index contributed by atoms with van der Waals surface area (Å²) in [5.74, 6) is 2.77. The number of ether oxygens (including phenoxy) is 2. The summed E-state index contributed by atoms with van der Waals surface area (Å²) in [6.07, 6.45) is 9.39. The first kappa shape index (κ1) is 14.6. The second-order valence-corrected chi connectivity index (χ2v) is 6.80. The van der Waals surface area contributed by atoms with Gasteiger partial charge >= 0.3 is 6.01 Å². The van der Waals surface area contributed by atoms with Crippen LogP contribution in [0.25, 0.3) is 16.9 Å². The number of nitrogens with zero attached hydrogens (tertiary/aromatic N) is 5. The summed E-state index contributed by atoms with van der Waals surface area (Å²) in [5, 5.41) is 4.68. The molecule has 0 aliphatic heterocycles. The molecule has 0 spiro atoms. The topological polar surface area (TPSA) is 74.4 Å². The molecule has 0 amide bonds. The fourth-order valence-corrected chi connectivity index (χ4v) is 3.74. The smallest absolute Gasteiger partial charge is 0.319 e. The number of imidazole rings is 1. The zero-order valence-electron chi connectivity index (χ0n) is 14.2. The number of hydrogen-bond donors (Lipinski definition) is 0. The number of aromatic nitrogens is 5. The van der Waals surface area contributed by atoms with Crippen LogP contribution >= 0.6 is 0 Å². The quantitative estimate of drug-likeness (QED) is 0.713. The molecule has 0 saturated heterocycles. The monoisotopic (exact) mass is 337 g/mol. The Hall–Kier alpha value is -2.70. The van der Waals surface area contributed by atoms with Crippen LogP contribution in [0.5, 0.6) is 11.9 Å². The summed E-state index contributed by atoms with van der Waals surface area (Å²) in [5.41, 5.74) is 3.76. The van der Waals surface area contributed by atoms with Crippen LogP contribution in [-0.4, -0.2) is 38.8 Å². The molecule has 2 saturated carbocycles. The summed E-state index contributed by atoms with van der Waals surface area (Å²) in [4.78, 5) is 13.0. The summed E-state index contributed by atoms with van der Waals surface area (Å²) in [6.45, 7) is 0. The molecule has 0 N–H and O–H groups in total. The Bertz CT molecular complexity index is 950. The molecular weight excluding hydrogens is 318 g/mol. The van der Waals surface area contributed by atoms with E-state index in [-0.39, 0.29) is 6.01 Å². The molecule has 7 heteroatoms. The minimum atomic E-state index is 0.278. The van der Waals surface area contributed by atoms with Gasteiger partial charge in [-0.05, 0) is 43.1 Å². The third-order valence-corrected chi connectivity index (χ3v) is 5.24. The average molecular weight is 337 g/mol. The third-order valence-electron chi connectivity index (χ3n) is 5.24. The van der Waals surface area contributed by atoms with Crippen molar-refractivity contribution >= 4 is 5.65 Å². The molecule has 0 aromatic carbocycles. The van der Waals surface area contributed by atoms with Crippen molar-refractivity contribution in [1.82, 2.24) is 24.6 Å². The predicted molar refractivity (Wildman–Crippen MR) is 90.7 cm³/mol. The van der Waals surface area contributed by atoms with Crippen molar-refractivity contribution in [3.63, 3.8) is 0 Å². The van der Waals surface area contributed by atoms with Crippen molar-refractivity contribution in [1.29, 1.82) is 0 Å². The maximum atomic E-state index is 5.43. The van der Waals surface area contributed by atoms with Crippen LogP contribution < -0.4 is 9.47 Å². The molecule has 128 valence electrons. The Morgan fingerprint density at radius 2 is 2.04 bits per heavy atom. The summed E-state index contributed by atoms with van der Waals surface area (Å²) in [7, 11) is 3.12. The van der Waals surface area contributed by atoms with Crippen molar-refractivity contribution < 1.29 is 9.47 Å². The van der Waals surface area contributed by atoms with Gasteiger partial charge in [0.2, 0.25) is 5.88 Å². The van der Waals surface area contributed by atoms with E-state index in [1.807, 2.05) is 10.7 Å². The van der Waals surface area contributed by atoms with Gasteiger partial charge in [0.15, 0.2) is 5.65 Å². The van der Waals surface area contributed by atoms with Crippen LogP contribution in [-0.2, 0) is 0 Å². The van der Waals surface area contributed by atoms with Crippen molar-refractivity contribution in [3.8, 4) is 23.1 Å². The molecule has 0 radical (unpaired) electrons. The minimum Gasteiger partial charge on any atom is -0.480 e. The van der Waals surface area contributed by atoms with E-state index in [4.69, 9.17) is 9.47 Å². The molecule has 0 bridgehead atoms. The van der Waals surface area contributed by atoms with E-state index < -0.39 is 0 Å². The highest BCUT2D eigenvalue weighted by atomic mass is 16.5. The lowest BCUT2D eigenvalue weighted by molar-refractivity contribution is 0.353. The molecule has 2 aliphatic carbocycles. The average Bonchev–Trinajstić information content (AvgIpc) is 3.56. The van der Waals surface area contributed by atoms with Gasteiger partial charge in [-0.1, -0.05) is 0 Å². The van der Waals surface area contributed by atoms with Gasteiger partial charge in [-0.25, -0.2) is 14.5 Å². The fourth-order valence-electron chi connectivity index (χ4n) is 3.74. The van der Waals surface area contributed by atoms with E-state index in [9.17, 15) is 0 Å². The largest absolute Gasteiger partial charge is 0.480 e. The molecule has 3 aromatic rings. The molecule has 25 heavy (non-hydrogen) atoms. The Labute approximate surface area is 145 Å². The van der Waals surface area contributed by atoms with E-state index in [1.165, 1.54) is 31.9 Å². The number of rotatable bonds is 5. The van der Waals surface area contributed by atoms with E-state index in [2.05, 4.69) is 26.1 Å². The van der Waals surface area contributed by atoms with Crippen LogP contribution in [0.1, 0.15) is 30.7 Å². The van der Waals surface area contributed by atoms with Crippen LogP contribution in [0.2, 0.25) is 0 Å². The van der Waals surface area contributed by atoms with Crippen LogP contribution in [0.4, 0.5) is 0 Å². The van der Waals surface area contributed by atoms with Gasteiger partial charge in [0.25, 0.3) is 0 Å². The van der Waals surface area contributed by atoms with Gasteiger partial charge in [0.05, 0.1) is 25.5 Å². The molecule has 3 heterocycles. The van der Waals surface area contributed by atoms with Gasteiger partial charge in [-0.2, -0.15) is 10.1 Å². The maximum absolute atomic E-state index is 5.43. The first-order chi connectivity index (χ1) is 12.3. The minimum absolute atomic E-state index is 0.278. The second-order valence-electron chi connectivity index (χ2n) is 6.80. The predicted octanol–water partition coefficient (Wildman–Crippen LogP) is 2.72.